The maximum Gasteiger partial charge on any atom is 0.327 e. The van der Waals surface area contributed by atoms with Gasteiger partial charge in [0.05, 0.1) is 17.1 Å². The first-order chi connectivity index (χ1) is 14.0. The average molecular weight is 384 g/mol. The first-order valence-electron chi connectivity index (χ1n) is 9.24. The predicted molar refractivity (Wildman–Crippen MR) is 114 cm³/mol. The third-order valence-corrected chi connectivity index (χ3v) is 5.07. The Labute approximate surface area is 167 Å². The number of benzene rings is 3. The molecule has 0 spiro atoms. The number of carbonyl (C=O) groups is 1. The molecule has 0 bridgehead atoms. The maximum atomic E-state index is 13.4. The molecule has 1 unspecified atom stereocenters. The van der Waals surface area contributed by atoms with Gasteiger partial charge in [0.25, 0.3) is 0 Å². The van der Waals surface area contributed by atoms with Crippen LogP contribution in [0, 0.1) is 5.41 Å². The summed E-state index contributed by atoms with van der Waals surface area (Å²) in [5.41, 5.74) is 9.15. The Kier molecular flexibility index (Phi) is 4.60. The van der Waals surface area contributed by atoms with E-state index in [4.69, 9.17) is 11.1 Å². The number of nitrogens with one attached hydrogen (secondary N) is 2. The van der Waals surface area contributed by atoms with E-state index in [1.54, 1.807) is 31.2 Å². The number of ketones is 1. The van der Waals surface area contributed by atoms with E-state index < -0.39 is 6.04 Å². The van der Waals surface area contributed by atoms with Crippen molar-refractivity contribution in [2.24, 2.45) is 5.73 Å². The maximum absolute atomic E-state index is 13.4. The van der Waals surface area contributed by atoms with Crippen molar-refractivity contribution in [3.05, 3.63) is 94.4 Å². The number of hydrogen-bond donors (Lipinski definition) is 3. The molecule has 29 heavy (non-hydrogen) atoms. The SMILES string of the molecule is CC(C(=O)c1ccccc1-c1ccccc1)n1c(=O)[nH]c2cc(C(=N)N)ccc21. The third kappa shape index (κ3) is 3.25. The van der Waals surface area contributed by atoms with Crippen molar-refractivity contribution in [2.45, 2.75) is 13.0 Å². The number of H-pyrrole nitrogens is 1. The highest BCUT2D eigenvalue weighted by Crippen LogP contribution is 2.27. The molecule has 6 nitrogen and oxygen atoms in total. The van der Waals surface area contributed by atoms with Crippen molar-refractivity contribution in [3.63, 3.8) is 0 Å². The highest BCUT2D eigenvalue weighted by atomic mass is 16.2. The fourth-order valence-corrected chi connectivity index (χ4v) is 3.59. The van der Waals surface area contributed by atoms with Gasteiger partial charge >= 0.3 is 5.69 Å². The summed E-state index contributed by atoms with van der Waals surface area (Å²) in [6.45, 7) is 1.72. The molecule has 0 aliphatic carbocycles. The lowest BCUT2D eigenvalue weighted by Crippen LogP contribution is -2.26. The number of nitrogen functional groups attached to an aromatic ring is 1. The molecule has 0 saturated carbocycles. The van der Waals surface area contributed by atoms with Crippen LogP contribution < -0.4 is 11.4 Å². The zero-order chi connectivity index (χ0) is 20.5. The van der Waals surface area contributed by atoms with Crippen LogP contribution in [-0.4, -0.2) is 21.2 Å². The average Bonchev–Trinajstić information content (AvgIpc) is 3.08. The van der Waals surface area contributed by atoms with Gasteiger partial charge in [-0.05, 0) is 36.2 Å². The Bertz CT molecular complexity index is 1290. The number of aromatic nitrogens is 2. The van der Waals surface area contributed by atoms with Gasteiger partial charge in [-0.25, -0.2) is 4.79 Å². The van der Waals surface area contributed by atoms with Gasteiger partial charge in [0.1, 0.15) is 5.84 Å². The number of carbonyl (C=O) groups excluding carboxylic acids is 1. The lowest BCUT2D eigenvalue weighted by molar-refractivity contribution is 0.0936. The second-order valence-corrected chi connectivity index (χ2v) is 6.90. The molecule has 1 atom stereocenters. The van der Waals surface area contributed by atoms with Gasteiger partial charge in [-0.15, -0.1) is 0 Å². The molecule has 4 aromatic rings. The second kappa shape index (κ2) is 7.24. The van der Waals surface area contributed by atoms with Crippen LogP contribution >= 0.6 is 0 Å². The van der Waals surface area contributed by atoms with E-state index in [0.29, 0.717) is 22.2 Å². The number of rotatable bonds is 5. The number of nitrogens with zero attached hydrogens (tertiary/aromatic N) is 1. The van der Waals surface area contributed by atoms with Gasteiger partial charge in [-0.1, -0.05) is 54.6 Å². The minimum atomic E-state index is -0.704. The highest BCUT2D eigenvalue weighted by molar-refractivity contribution is 6.05. The first kappa shape index (κ1) is 18.4. The Morgan fingerprint density at radius 2 is 1.72 bits per heavy atom. The summed E-state index contributed by atoms with van der Waals surface area (Å²) in [4.78, 5) is 28.8. The van der Waals surface area contributed by atoms with Crippen LogP contribution in [0.25, 0.3) is 22.2 Å². The monoisotopic (exact) mass is 384 g/mol. The van der Waals surface area contributed by atoms with Gasteiger partial charge in [0.15, 0.2) is 5.78 Å². The number of aromatic amines is 1. The van der Waals surface area contributed by atoms with Crippen LogP contribution in [-0.2, 0) is 0 Å². The Balaban J connectivity index is 1.80. The van der Waals surface area contributed by atoms with Crippen molar-refractivity contribution >= 4 is 22.7 Å². The van der Waals surface area contributed by atoms with E-state index in [1.807, 2.05) is 48.5 Å². The van der Waals surface area contributed by atoms with Crippen molar-refractivity contribution in [2.75, 3.05) is 0 Å². The first-order valence-corrected chi connectivity index (χ1v) is 9.24. The highest BCUT2D eigenvalue weighted by Gasteiger charge is 2.23. The molecule has 0 amide bonds. The van der Waals surface area contributed by atoms with E-state index in [-0.39, 0.29) is 17.3 Å². The summed E-state index contributed by atoms with van der Waals surface area (Å²) in [6, 6.07) is 21.4. The molecule has 0 aliphatic heterocycles. The molecule has 6 heteroatoms. The zero-order valence-electron chi connectivity index (χ0n) is 15.8. The summed E-state index contributed by atoms with van der Waals surface area (Å²) in [7, 11) is 0. The molecule has 1 heterocycles. The predicted octanol–water partition coefficient (Wildman–Crippen LogP) is 3.72. The van der Waals surface area contributed by atoms with E-state index in [2.05, 4.69) is 4.98 Å². The Morgan fingerprint density at radius 1 is 1.03 bits per heavy atom. The lowest BCUT2D eigenvalue weighted by Gasteiger charge is -2.15. The van der Waals surface area contributed by atoms with Crippen LogP contribution in [0.1, 0.15) is 28.9 Å². The number of Topliss-reactive ketones (excluding diaryl/α,β-unsaturated/α-hetero) is 1. The molecule has 0 saturated heterocycles. The molecular weight excluding hydrogens is 364 g/mol. The Morgan fingerprint density at radius 3 is 2.45 bits per heavy atom. The van der Waals surface area contributed by atoms with E-state index in [9.17, 15) is 9.59 Å². The van der Waals surface area contributed by atoms with Gasteiger partial charge in [0.2, 0.25) is 0 Å². The molecule has 0 radical (unpaired) electrons. The fraction of sp³-hybridized carbons (Fsp3) is 0.0870. The number of hydrogen-bond acceptors (Lipinski definition) is 3. The van der Waals surface area contributed by atoms with Crippen LogP contribution in [0.5, 0.6) is 0 Å². The van der Waals surface area contributed by atoms with Crippen molar-refractivity contribution in [1.82, 2.24) is 9.55 Å². The smallest absolute Gasteiger partial charge is 0.327 e. The number of imidazole rings is 1. The topological polar surface area (TPSA) is 105 Å². The molecule has 0 aliphatic rings. The van der Waals surface area contributed by atoms with E-state index in [1.165, 1.54) is 4.57 Å². The summed E-state index contributed by atoms with van der Waals surface area (Å²) >= 11 is 0. The Hall–Kier alpha value is -3.93. The van der Waals surface area contributed by atoms with Crippen LogP contribution in [0.3, 0.4) is 0 Å². The van der Waals surface area contributed by atoms with Crippen LogP contribution in [0.2, 0.25) is 0 Å². The molecule has 0 fully saturated rings. The second-order valence-electron chi connectivity index (χ2n) is 6.90. The molecule has 1 aromatic heterocycles. The summed E-state index contributed by atoms with van der Waals surface area (Å²) in [5, 5.41) is 7.57. The largest absolute Gasteiger partial charge is 0.384 e. The van der Waals surface area contributed by atoms with Gasteiger partial charge in [0, 0.05) is 11.1 Å². The minimum absolute atomic E-state index is 0.0820. The summed E-state index contributed by atoms with van der Waals surface area (Å²) in [5.74, 6) is -0.232. The lowest BCUT2D eigenvalue weighted by atomic mass is 9.94. The van der Waals surface area contributed by atoms with Crippen molar-refractivity contribution in [3.8, 4) is 11.1 Å². The van der Waals surface area contributed by atoms with Gasteiger partial charge in [-0.2, -0.15) is 0 Å². The number of fused-ring (bicyclic) bond motifs is 1. The van der Waals surface area contributed by atoms with Crippen molar-refractivity contribution < 1.29 is 4.79 Å². The quantitative estimate of drug-likeness (QED) is 0.277. The summed E-state index contributed by atoms with van der Waals surface area (Å²) < 4.78 is 1.45. The molecule has 4 rings (SSSR count). The van der Waals surface area contributed by atoms with E-state index in [0.717, 1.165) is 11.1 Å². The third-order valence-electron chi connectivity index (χ3n) is 5.07. The van der Waals surface area contributed by atoms with E-state index >= 15 is 0 Å². The van der Waals surface area contributed by atoms with Crippen LogP contribution in [0.15, 0.2) is 77.6 Å². The number of amidine groups is 1. The number of nitrogens with two attached hydrogens (primary N) is 1. The minimum Gasteiger partial charge on any atom is -0.384 e. The fourth-order valence-electron chi connectivity index (χ4n) is 3.59. The molecule has 3 aromatic carbocycles. The summed E-state index contributed by atoms with van der Waals surface area (Å²) in [6.07, 6.45) is 0. The van der Waals surface area contributed by atoms with Crippen molar-refractivity contribution in [1.29, 1.82) is 5.41 Å². The van der Waals surface area contributed by atoms with Gasteiger partial charge < -0.3 is 10.7 Å². The van der Waals surface area contributed by atoms with Crippen LogP contribution in [0.4, 0.5) is 0 Å². The molecular formula is C23H20N4O2. The molecule has 144 valence electrons. The van der Waals surface area contributed by atoms with Gasteiger partial charge in [-0.3, -0.25) is 14.8 Å². The standard InChI is InChI=1S/C23H20N4O2/c1-14(27-20-12-11-16(22(24)25)13-19(20)26-23(27)29)21(28)18-10-6-5-9-17(18)15-7-3-2-4-8-15/h2-14H,1H3,(H3,24,25)(H,26,29). The zero-order valence-corrected chi connectivity index (χ0v) is 15.8. The molecule has 4 N–H and O–H groups in total. The normalized spacial score (nSPS) is 12.0.